The number of rotatable bonds is 2. The van der Waals surface area contributed by atoms with Crippen molar-refractivity contribution in [3.63, 3.8) is 0 Å². The lowest BCUT2D eigenvalue weighted by Gasteiger charge is -2.02. The van der Waals surface area contributed by atoms with Crippen molar-refractivity contribution >= 4 is 53.3 Å². The Hall–Kier alpha value is -2.32. The summed E-state index contributed by atoms with van der Waals surface area (Å²) < 4.78 is 5.17. The lowest BCUT2D eigenvalue weighted by molar-refractivity contribution is 0.930. The molecule has 0 saturated heterocycles. The second-order valence-corrected chi connectivity index (χ2v) is 7.61. The van der Waals surface area contributed by atoms with Gasteiger partial charge in [0.2, 0.25) is 0 Å². The Bertz CT molecular complexity index is 1220. The van der Waals surface area contributed by atoms with Crippen LogP contribution in [-0.2, 0) is 13.5 Å². The summed E-state index contributed by atoms with van der Waals surface area (Å²) >= 11 is 1.95. The van der Waals surface area contributed by atoms with Gasteiger partial charge >= 0.3 is 0 Å². The molecule has 0 saturated carbocycles. The van der Waals surface area contributed by atoms with Crippen molar-refractivity contribution in [2.45, 2.75) is 19.8 Å². The van der Waals surface area contributed by atoms with E-state index in [4.69, 9.17) is 0 Å². The van der Waals surface area contributed by atoms with Gasteiger partial charge in [-0.25, -0.2) is 0 Å². The number of benzene rings is 3. The first-order valence-corrected chi connectivity index (χ1v) is 9.41. The molecule has 118 valence electrons. The van der Waals surface area contributed by atoms with Crippen molar-refractivity contribution in [3.8, 4) is 0 Å². The average Bonchev–Trinajstić information content (AvgIpc) is 3.12. The summed E-state index contributed by atoms with van der Waals surface area (Å²) in [6, 6.07) is 20.2. The zero-order valence-corrected chi connectivity index (χ0v) is 14.8. The molecule has 0 fully saturated rings. The van der Waals surface area contributed by atoms with Crippen molar-refractivity contribution < 1.29 is 0 Å². The van der Waals surface area contributed by atoms with E-state index in [0.29, 0.717) is 0 Å². The zero-order chi connectivity index (χ0) is 16.3. The minimum atomic E-state index is 1.15. The van der Waals surface area contributed by atoms with Gasteiger partial charge in [-0.3, -0.25) is 0 Å². The van der Waals surface area contributed by atoms with Gasteiger partial charge in [0, 0.05) is 43.5 Å². The fourth-order valence-corrected chi connectivity index (χ4v) is 5.38. The molecular formula is C22H19NS. The number of aryl methyl sites for hydroxylation is 2. The van der Waals surface area contributed by atoms with E-state index in [1.807, 2.05) is 11.3 Å². The number of fused-ring (bicyclic) bond motifs is 7. The van der Waals surface area contributed by atoms with Crippen LogP contribution in [-0.4, -0.2) is 4.57 Å². The standard InChI is InChI=1S/C22H19NS/c1-3-7-14-8-6-11-19-20(14)16-12-13-18-21(22(16)24-19)15-9-4-5-10-17(15)23(18)2/h4-6,8-13H,3,7H2,1-2H3. The number of para-hydroxylation sites is 1. The summed E-state index contributed by atoms with van der Waals surface area (Å²) in [6.45, 7) is 2.26. The van der Waals surface area contributed by atoms with Crippen LogP contribution in [0.15, 0.2) is 54.6 Å². The molecule has 0 bridgehead atoms. The largest absolute Gasteiger partial charge is 0.344 e. The van der Waals surface area contributed by atoms with E-state index in [2.05, 4.69) is 73.1 Å². The molecule has 5 rings (SSSR count). The fraction of sp³-hybridized carbons (Fsp3) is 0.182. The van der Waals surface area contributed by atoms with Crippen molar-refractivity contribution in [3.05, 3.63) is 60.2 Å². The smallest absolute Gasteiger partial charge is 0.0503 e. The number of thiophene rings is 1. The molecule has 1 nitrogen and oxygen atoms in total. The lowest BCUT2D eigenvalue weighted by atomic mass is 10.0. The van der Waals surface area contributed by atoms with E-state index in [9.17, 15) is 0 Å². The summed E-state index contributed by atoms with van der Waals surface area (Å²) in [5, 5.41) is 5.66. The average molecular weight is 329 g/mol. The van der Waals surface area contributed by atoms with E-state index in [1.165, 1.54) is 54.0 Å². The summed E-state index contributed by atoms with van der Waals surface area (Å²) in [5.41, 5.74) is 4.12. The molecule has 0 N–H and O–H groups in total. The highest BCUT2D eigenvalue weighted by Gasteiger charge is 2.15. The molecule has 0 aliphatic heterocycles. The van der Waals surface area contributed by atoms with Gasteiger partial charge in [0.1, 0.15) is 0 Å². The predicted octanol–water partition coefficient (Wildman–Crippen LogP) is 6.65. The van der Waals surface area contributed by atoms with E-state index < -0.39 is 0 Å². The van der Waals surface area contributed by atoms with Crippen LogP contribution in [0.1, 0.15) is 18.9 Å². The van der Waals surface area contributed by atoms with Gasteiger partial charge < -0.3 is 4.57 Å². The highest BCUT2D eigenvalue weighted by atomic mass is 32.1. The summed E-state index contributed by atoms with van der Waals surface area (Å²) in [5.74, 6) is 0. The normalized spacial score (nSPS) is 12.1. The highest BCUT2D eigenvalue weighted by molar-refractivity contribution is 7.26. The fourth-order valence-electron chi connectivity index (χ4n) is 4.08. The van der Waals surface area contributed by atoms with Crippen LogP contribution in [0.4, 0.5) is 0 Å². The molecule has 0 radical (unpaired) electrons. The number of hydrogen-bond donors (Lipinski definition) is 0. The maximum atomic E-state index is 2.33. The van der Waals surface area contributed by atoms with Crippen molar-refractivity contribution in [1.82, 2.24) is 4.57 Å². The predicted molar refractivity (Wildman–Crippen MR) is 107 cm³/mol. The number of aromatic nitrogens is 1. The SMILES string of the molecule is CCCc1cccc2sc3c(ccc4c3c3ccccc3n4C)c12. The molecule has 0 amide bonds. The lowest BCUT2D eigenvalue weighted by Crippen LogP contribution is -1.86. The van der Waals surface area contributed by atoms with Crippen LogP contribution in [0, 0.1) is 0 Å². The molecule has 3 aromatic carbocycles. The Morgan fingerprint density at radius 2 is 1.71 bits per heavy atom. The first kappa shape index (κ1) is 14.1. The summed E-state index contributed by atoms with van der Waals surface area (Å²) in [7, 11) is 2.17. The quantitative estimate of drug-likeness (QED) is 0.341. The zero-order valence-electron chi connectivity index (χ0n) is 14.0. The van der Waals surface area contributed by atoms with Crippen LogP contribution in [0.25, 0.3) is 42.0 Å². The van der Waals surface area contributed by atoms with Gasteiger partial charge in [0.05, 0.1) is 5.52 Å². The van der Waals surface area contributed by atoms with E-state index in [0.717, 1.165) is 6.42 Å². The Kier molecular flexibility index (Phi) is 2.98. The molecule has 0 atom stereocenters. The molecule has 0 aliphatic carbocycles. The molecule has 0 unspecified atom stereocenters. The van der Waals surface area contributed by atoms with Gasteiger partial charge in [-0.2, -0.15) is 0 Å². The number of nitrogens with zero attached hydrogens (tertiary/aromatic N) is 1. The van der Waals surface area contributed by atoms with Crippen LogP contribution in [0.3, 0.4) is 0 Å². The van der Waals surface area contributed by atoms with E-state index >= 15 is 0 Å². The molecule has 0 aliphatic rings. The Morgan fingerprint density at radius 3 is 2.58 bits per heavy atom. The van der Waals surface area contributed by atoms with Gasteiger partial charge in [0.25, 0.3) is 0 Å². The topological polar surface area (TPSA) is 4.93 Å². The Morgan fingerprint density at radius 1 is 0.833 bits per heavy atom. The van der Waals surface area contributed by atoms with Crippen LogP contribution >= 0.6 is 11.3 Å². The molecule has 5 aromatic rings. The Labute approximate surface area is 145 Å². The minimum Gasteiger partial charge on any atom is -0.344 e. The first-order chi connectivity index (χ1) is 11.8. The minimum absolute atomic E-state index is 1.15. The molecule has 24 heavy (non-hydrogen) atoms. The van der Waals surface area contributed by atoms with Gasteiger partial charge in [-0.1, -0.05) is 49.7 Å². The maximum absolute atomic E-state index is 2.33. The maximum Gasteiger partial charge on any atom is 0.0503 e. The van der Waals surface area contributed by atoms with Crippen molar-refractivity contribution in [2.75, 3.05) is 0 Å². The molecular weight excluding hydrogens is 310 g/mol. The summed E-state index contributed by atoms with van der Waals surface area (Å²) in [6.07, 6.45) is 2.34. The van der Waals surface area contributed by atoms with Gasteiger partial charge in [-0.15, -0.1) is 11.3 Å². The van der Waals surface area contributed by atoms with E-state index in [1.54, 1.807) is 0 Å². The second kappa shape index (κ2) is 5.09. The molecule has 2 heteroatoms. The number of hydrogen-bond acceptors (Lipinski definition) is 1. The molecule has 0 spiro atoms. The van der Waals surface area contributed by atoms with Crippen LogP contribution < -0.4 is 0 Å². The third-order valence-corrected chi connectivity index (χ3v) is 6.33. The van der Waals surface area contributed by atoms with Gasteiger partial charge in [0.15, 0.2) is 0 Å². The highest BCUT2D eigenvalue weighted by Crippen LogP contribution is 2.43. The third kappa shape index (κ3) is 1.75. The molecule has 2 heterocycles. The van der Waals surface area contributed by atoms with Crippen molar-refractivity contribution in [1.29, 1.82) is 0 Å². The molecule has 2 aromatic heterocycles. The van der Waals surface area contributed by atoms with Crippen LogP contribution in [0.5, 0.6) is 0 Å². The summed E-state index contributed by atoms with van der Waals surface area (Å²) in [4.78, 5) is 0. The monoisotopic (exact) mass is 329 g/mol. The van der Waals surface area contributed by atoms with Crippen LogP contribution in [0.2, 0.25) is 0 Å². The first-order valence-electron chi connectivity index (χ1n) is 8.60. The van der Waals surface area contributed by atoms with Crippen molar-refractivity contribution in [2.24, 2.45) is 7.05 Å². The third-order valence-electron chi connectivity index (χ3n) is 5.15. The van der Waals surface area contributed by atoms with Gasteiger partial charge in [-0.05, 0) is 30.2 Å². The Balaban J connectivity index is 2.04. The van der Waals surface area contributed by atoms with E-state index in [-0.39, 0.29) is 0 Å². The second-order valence-electron chi connectivity index (χ2n) is 6.55.